The highest BCUT2D eigenvalue weighted by Gasteiger charge is 1.98. The monoisotopic (exact) mass is 382 g/mol. The third-order valence-corrected chi connectivity index (χ3v) is 5.38. The average Bonchev–Trinajstić information content (AvgIpc) is 2.67. The standard InChI is InChI=1S/C24H50N2O/c1-3-5-7-9-10-11-12-13-14-15-16-17-18-19-21-23-26-24(27)25-22-20-8-6-4-2/h3-23H2,1-2H3,(H2,25,26,27). The van der Waals surface area contributed by atoms with E-state index in [1.165, 1.54) is 109 Å². The Morgan fingerprint density at radius 2 is 0.704 bits per heavy atom. The zero-order chi connectivity index (χ0) is 19.8. The van der Waals surface area contributed by atoms with Gasteiger partial charge in [0.1, 0.15) is 0 Å². The van der Waals surface area contributed by atoms with Crippen LogP contribution in [0.5, 0.6) is 0 Å². The summed E-state index contributed by atoms with van der Waals surface area (Å²) < 4.78 is 0. The van der Waals surface area contributed by atoms with Crippen molar-refractivity contribution in [2.24, 2.45) is 0 Å². The summed E-state index contributed by atoms with van der Waals surface area (Å²) in [6, 6.07) is 0.0110. The molecule has 0 aliphatic rings. The number of carbonyl (C=O) groups excluding carboxylic acids is 1. The Kier molecular flexibility index (Phi) is 22.7. The third-order valence-electron chi connectivity index (χ3n) is 5.38. The van der Waals surface area contributed by atoms with Gasteiger partial charge in [0.05, 0.1) is 0 Å². The fraction of sp³-hybridized carbons (Fsp3) is 0.958. The summed E-state index contributed by atoms with van der Waals surface area (Å²) in [5.74, 6) is 0. The van der Waals surface area contributed by atoms with Crippen LogP contribution < -0.4 is 10.6 Å². The molecule has 0 fully saturated rings. The van der Waals surface area contributed by atoms with E-state index in [0.29, 0.717) is 0 Å². The Morgan fingerprint density at radius 1 is 0.444 bits per heavy atom. The van der Waals surface area contributed by atoms with Crippen molar-refractivity contribution in [2.45, 2.75) is 136 Å². The summed E-state index contributed by atoms with van der Waals surface area (Å²) in [4.78, 5) is 11.6. The van der Waals surface area contributed by atoms with E-state index in [9.17, 15) is 4.79 Å². The molecule has 0 aliphatic heterocycles. The highest BCUT2D eigenvalue weighted by Crippen LogP contribution is 2.13. The number of hydrogen-bond acceptors (Lipinski definition) is 1. The van der Waals surface area contributed by atoms with E-state index in [4.69, 9.17) is 0 Å². The maximum atomic E-state index is 11.6. The van der Waals surface area contributed by atoms with Crippen molar-refractivity contribution < 1.29 is 4.79 Å². The van der Waals surface area contributed by atoms with E-state index in [0.717, 1.165) is 25.9 Å². The Labute approximate surface area is 170 Å². The number of urea groups is 1. The van der Waals surface area contributed by atoms with Gasteiger partial charge in [0.2, 0.25) is 0 Å². The van der Waals surface area contributed by atoms with Crippen molar-refractivity contribution >= 4 is 6.03 Å². The van der Waals surface area contributed by atoms with Crippen LogP contribution in [0.25, 0.3) is 0 Å². The van der Waals surface area contributed by atoms with Gasteiger partial charge in [-0.2, -0.15) is 0 Å². The first-order valence-electron chi connectivity index (χ1n) is 12.3. The first-order valence-corrected chi connectivity index (χ1v) is 12.3. The molecule has 0 saturated heterocycles. The molecule has 0 atom stereocenters. The minimum Gasteiger partial charge on any atom is -0.338 e. The van der Waals surface area contributed by atoms with Crippen molar-refractivity contribution in [2.75, 3.05) is 13.1 Å². The molecule has 27 heavy (non-hydrogen) atoms. The molecule has 0 aliphatic carbocycles. The maximum Gasteiger partial charge on any atom is 0.314 e. The van der Waals surface area contributed by atoms with E-state index >= 15 is 0 Å². The van der Waals surface area contributed by atoms with Gasteiger partial charge >= 0.3 is 6.03 Å². The predicted octanol–water partition coefficient (Wildman–Crippen LogP) is 7.74. The molecule has 2 N–H and O–H groups in total. The Bertz CT molecular complexity index is 294. The molecule has 0 aromatic heterocycles. The van der Waals surface area contributed by atoms with Crippen LogP contribution in [0.1, 0.15) is 136 Å². The second kappa shape index (κ2) is 23.3. The van der Waals surface area contributed by atoms with Crippen LogP contribution in [0.2, 0.25) is 0 Å². The maximum absolute atomic E-state index is 11.6. The van der Waals surface area contributed by atoms with Crippen LogP contribution >= 0.6 is 0 Å². The molecule has 0 aromatic rings. The lowest BCUT2D eigenvalue weighted by Gasteiger charge is -2.07. The van der Waals surface area contributed by atoms with E-state index in [-0.39, 0.29) is 6.03 Å². The predicted molar refractivity (Wildman–Crippen MR) is 120 cm³/mol. The van der Waals surface area contributed by atoms with Crippen molar-refractivity contribution in [3.63, 3.8) is 0 Å². The largest absolute Gasteiger partial charge is 0.338 e. The summed E-state index contributed by atoms with van der Waals surface area (Å²) >= 11 is 0. The lowest BCUT2D eigenvalue weighted by molar-refractivity contribution is 0.240. The fourth-order valence-corrected chi connectivity index (χ4v) is 3.51. The summed E-state index contributed by atoms with van der Waals surface area (Å²) in [6.45, 7) is 6.12. The first-order chi connectivity index (χ1) is 13.3. The van der Waals surface area contributed by atoms with Crippen LogP contribution in [-0.2, 0) is 0 Å². The summed E-state index contributed by atoms with van der Waals surface area (Å²) in [5, 5.41) is 5.91. The molecule has 0 radical (unpaired) electrons. The summed E-state index contributed by atoms with van der Waals surface area (Å²) in [6.07, 6.45) is 25.5. The molecule has 3 heteroatoms. The smallest absolute Gasteiger partial charge is 0.314 e. The molecular formula is C24H50N2O. The van der Waals surface area contributed by atoms with Gasteiger partial charge in [-0.15, -0.1) is 0 Å². The van der Waals surface area contributed by atoms with Gasteiger partial charge in [0, 0.05) is 13.1 Å². The molecule has 0 saturated carbocycles. The fourth-order valence-electron chi connectivity index (χ4n) is 3.51. The quantitative estimate of drug-likeness (QED) is 0.196. The van der Waals surface area contributed by atoms with Crippen LogP contribution in [0.3, 0.4) is 0 Å². The number of unbranched alkanes of at least 4 members (excludes halogenated alkanes) is 17. The van der Waals surface area contributed by atoms with Gasteiger partial charge in [0.15, 0.2) is 0 Å². The molecule has 0 bridgehead atoms. The molecular weight excluding hydrogens is 332 g/mol. The molecule has 0 rings (SSSR count). The van der Waals surface area contributed by atoms with Gasteiger partial charge in [0.25, 0.3) is 0 Å². The average molecular weight is 383 g/mol. The topological polar surface area (TPSA) is 41.1 Å². The zero-order valence-corrected chi connectivity index (χ0v) is 18.8. The highest BCUT2D eigenvalue weighted by atomic mass is 16.2. The van der Waals surface area contributed by atoms with Gasteiger partial charge in [-0.05, 0) is 12.8 Å². The SMILES string of the molecule is CCCCCCCCCCCCCCCCCNC(=O)NCCCCCC. The van der Waals surface area contributed by atoms with Gasteiger partial charge in [-0.25, -0.2) is 4.79 Å². The number of amides is 2. The molecule has 2 amide bonds. The molecule has 0 aromatic carbocycles. The van der Waals surface area contributed by atoms with E-state index < -0.39 is 0 Å². The van der Waals surface area contributed by atoms with Gasteiger partial charge < -0.3 is 10.6 Å². The van der Waals surface area contributed by atoms with Crippen molar-refractivity contribution in [1.82, 2.24) is 10.6 Å². The van der Waals surface area contributed by atoms with Crippen LogP contribution in [0.15, 0.2) is 0 Å². The van der Waals surface area contributed by atoms with E-state index in [1.807, 2.05) is 0 Å². The number of carbonyl (C=O) groups is 1. The minimum atomic E-state index is 0.0110. The molecule has 0 spiro atoms. The molecule has 162 valence electrons. The Balaban J connectivity index is 3.09. The van der Waals surface area contributed by atoms with Crippen molar-refractivity contribution in [3.05, 3.63) is 0 Å². The van der Waals surface area contributed by atoms with Crippen LogP contribution in [0.4, 0.5) is 4.79 Å². The Morgan fingerprint density at radius 3 is 1.04 bits per heavy atom. The zero-order valence-electron chi connectivity index (χ0n) is 18.8. The lowest BCUT2D eigenvalue weighted by atomic mass is 10.0. The first kappa shape index (κ1) is 26.3. The van der Waals surface area contributed by atoms with Crippen LogP contribution in [0, 0.1) is 0 Å². The summed E-state index contributed by atoms with van der Waals surface area (Å²) in [7, 11) is 0. The van der Waals surface area contributed by atoms with Gasteiger partial charge in [-0.1, -0.05) is 123 Å². The second-order valence-corrected chi connectivity index (χ2v) is 8.19. The molecule has 0 unspecified atom stereocenters. The van der Waals surface area contributed by atoms with Gasteiger partial charge in [-0.3, -0.25) is 0 Å². The third kappa shape index (κ3) is 23.2. The van der Waals surface area contributed by atoms with E-state index in [2.05, 4.69) is 24.5 Å². The van der Waals surface area contributed by atoms with E-state index in [1.54, 1.807) is 0 Å². The van der Waals surface area contributed by atoms with Crippen LogP contribution in [-0.4, -0.2) is 19.1 Å². The highest BCUT2D eigenvalue weighted by molar-refractivity contribution is 5.73. The molecule has 0 heterocycles. The van der Waals surface area contributed by atoms with Crippen molar-refractivity contribution in [1.29, 1.82) is 0 Å². The number of hydrogen-bond donors (Lipinski definition) is 2. The van der Waals surface area contributed by atoms with Crippen molar-refractivity contribution in [3.8, 4) is 0 Å². The summed E-state index contributed by atoms with van der Waals surface area (Å²) in [5.41, 5.74) is 0. The lowest BCUT2D eigenvalue weighted by Crippen LogP contribution is -2.36. The minimum absolute atomic E-state index is 0.0110. The normalized spacial score (nSPS) is 10.9. The number of nitrogens with one attached hydrogen (secondary N) is 2. The second-order valence-electron chi connectivity index (χ2n) is 8.19. The number of rotatable bonds is 21. The molecule has 3 nitrogen and oxygen atoms in total. The Hall–Kier alpha value is -0.730.